The van der Waals surface area contributed by atoms with Gasteiger partial charge in [-0.3, -0.25) is 0 Å². The first-order valence-electron chi connectivity index (χ1n) is 4.71. The van der Waals surface area contributed by atoms with Gasteiger partial charge in [-0.1, -0.05) is 12.1 Å². The van der Waals surface area contributed by atoms with Crippen LogP contribution in [0.15, 0.2) is 28.7 Å². The van der Waals surface area contributed by atoms with Gasteiger partial charge in [-0.05, 0) is 28.1 Å². The standard InChI is InChI=1S/C12H11BrO3/c1-15-10-6-8(13)12(16-2)7-4-3-5-9(14)11(7)10/h3-6,14H,1-2H3. The predicted molar refractivity (Wildman–Crippen MR) is 66.4 cm³/mol. The zero-order chi connectivity index (χ0) is 11.7. The van der Waals surface area contributed by atoms with Crippen LogP contribution >= 0.6 is 15.9 Å². The number of methoxy groups -OCH3 is 2. The van der Waals surface area contributed by atoms with E-state index in [-0.39, 0.29) is 5.75 Å². The fraction of sp³-hybridized carbons (Fsp3) is 0.167. The lowest BCUT2D eigenvalue weighted by Crippen LogP contribution is -1.91. The first-order valence-corrected chi connectivity index (χ1v) is 5.50. The molecule has 0 spiro atoms. The molecule has 1 N–H and O–H groups in total. The van der Waals surface area contributed by atoms with Gasteiger partial charge in [0.2, 0.25) is 0 Å². The third-order valence-electron chi connectivity index (χ3n) is 2.43. The van der Waals surface area contributed by atoms with Gasteiger partial charge in [0.05, 0.1) is 24.1 Å². The molecule has 0 heterocycles. The third-order valence-corrected chi connectivity index (χ3v) is 3.02. The molecule has 0 saturated carbocycles. The second-order valence-electron chi connectivity index (χ2n) is 3.29. The van der Waals surface area contributed by atoms with Crippen molar-refractivity contribution in [2.45, 2.75) is 0 Å². The van der Waals surface area contributed by atoms with E-state index in [9.17, 15) is 5.11 Å². The third kappa shape index (κ3) is 1.59. The van der Waals surface area contributed by atoms with Gasteiger partial charge >= 0.3 is 0 Å². The van der Waals surface area contributed by atoms with E-state index in [1.54, 1.807) is 32.4 Å². The van der Waals surface area contributed by atoms with E-state index >= 15 is 0 Å². The maximum atomic E-state index is 9.84. The van der Waals surface area contributed by atoms with Crippen molar-refractivity contribution in [3.63, 3.8) is 0 Å². The molecular formula is C12H11BrO3. The molecule has 0 aromatic heterocycles. The van der Waals surface area contributed by atoms with Gasteiger partial charge in [-0.2, -0.15) is 0 Å². The Kier molecular flexibility index (Phi) is 2.92. The topological polar surface area (TPSA) is 38.7 Å². The lowest BCUT2D eigenvalue weighted by Gasteiger charge is -2.12. The monoisotopic (exact) mass is 282 g/mol. The van der Waals surface area contributed by atoms with Crippen LogP contribution in [0.5, 0.6) is 17.2 Å². The molecule has 0 amide bonds. The van der Waals surface area contributed by atoms with Crippen molar-refractivity contribution in [3.05, 3.63) is 28.7 Å². The molecule has 0 bridgehead atoms. The number of fused-ring (bicyclic) bond motifs is 1. The second-order valence-corrected chi connectivity index (χ2v) is 4.15. The van der Waals surface area contributed by atoms with Crippen molar-refractivity contribution in [3.8, 4) is 17.2 Å². The van der Waals surface area contributed by atoms with Crippen LogP contribution in [0.25, 0.3) is 10.8 Å². The summed E-state index contributed by atoms with van der Waals surface area (Å²) in [5.41, 5.74) is 0. The van der Waals surface area contributed by atoms with Crippen molar-refractivity contribution in [2.24, 2.45) is 0 Å². The van der Waals surface area contributed by atoms with E-state index in [0.717, 1.165) is 9.86 Å². The minimum absolute atomic E-state index is 0.181. The van der Waals surface area contributed by atoms with E-state index in [1.807, 2.05) is 6.07 Å². The Bertz CT molecular complexity index is 537. The van der Waals surface area contributed by atoms with Crippen molar-refractivity contribution < 1.29 is 14.6 Å². The Morgan fingerprint density at radius 2 is 1.94 bits per heavy atom. The minimum atomic E-state index is 0.181. The summed E-state index contributed by atoms with van der Waals surface area (Å²) in [6.07, 6.45) is 0. The Labute approximate surface area is 102 Å². The molecular weight excluding hydrogens is 272 g/mol. The molecule has 0 fully saturated rings. The molecule has 0 aliphatic rings. The number of aromatic hydroxyl groups is 1. The van der Waals surface area contributed by atoms with E-state index in [2.05, 4.69) is 15.9 Å². The SMILES string of the molecule is COc1c(Br)cc(OC)c2c(O)cccc12. The van der Waals surface area contributed by atoms with Gasteiger partial charge in [0, 0.05) is 5.39 Å². The lowest BCUT2D eigenvalue weighted by atomic mass is 10.1. The van der Waals surface area contributed by atoms with Crippen LogP contribution in [0, 0.1) is 0 Å². The Hall–Kier alpha value is -1.42. The molecule has 0 saturated heterocycles. The number of phenolic OH excluding ortho intramolecular Hbond substituents is 1. The van der Waals surface area contributed by atoms with Gasteiger partial charge in [0.15, 0.2) is 0 Å². The molecule has 2 rings (SSSR count). The van der Waals surface area contributed by atoms with Gasteiger partial charge in [-0.25, -0.2) is 0 Å². The molecule has 0 atom stereocenters. The summed E-state index contributed by atoms with van der Waals surface area (Å²) in [6.45, 7) is 0. The molecule has 16 heavy (non-hydrogen) atoms. The van der Waals surface area contributed by atoms with Crippen LogP contribution in [-0.4, -0.2) is 19.3 Å². The van der Waals surface area contributed by atoms with Crippen LogP contribution in [0.4, 0.5) is 0 Å². The highest BCUT2D eigenvalue weighted by atomic mass is 79.9. The van der Waals surface area contributed by atoms with Crippen LogP contribution in [0.3, 0.4) is 0 Å². The quantitative estimate of drug-likeness (QED) is 0.918. The summed E-state index contributed by atoms with van der Waals surface area (Å²) < 4.78 is 11.3. The maximum absolute atomic E-state index is 9.84. The largest absolute Gasteiger partial charge is 0.507 e. The molecule has 0 aliphatic carbocycles. The number of benzene rings is 2. The normalized spacial score (nSPS) is 10.4. The average Bonchev–Trinajstić information content (AvgIpc) is 2.28. The molecule has 84 valence electrons. The minimum Gasteiger partial charge on any atom is -0.507 e. The average molecular weight is 283 g/mol. The molecule has 0 aliphatic heterocycles. The first-order chi connectivity index (χ1) is 7.69. The summed E-state index contributed by atoms with van der Waals surface area (Å²) in [4.78, 5) is 0. The van der Waals surface area contributed by atoms with Gasteiger partial charge in [0.1, 0.15) is 17.2 Å². The molecule has 0 radical (unpaired) electrons. The van der Waals surface area contributed by atoms with E-state index in [0.29, 0.717) is 16.9 Å². The summed E-state index contributed by atoms with van der Waals surface area (Å²) in [5, 5.41) is 11.3. The highest BCUT2D eigenvalue weighted by Gasteiger charge is 2.14. The highest BCUT2D eigenvalue weighted by Crippen LogP contribution is 2.43. The molecule has 0 unspecified atom stereocenters. The van der Waals surface area contributed by atoms with E-state index < -0.39 is 0 Å². The smallest absolute Gasteiger partial charge is 0.141 e. The summed E-state index contributed by atoms with van der Waals surface area (Å²) in [5.74, 6) is 1.48. The molecule has 2 aromatic rings. The van der Waals surface area contributed by atoms with Crippen LogP contribution in [0.2, 0.25) is 0 Å². The summed E-state index contributed by atoms with van der Waals surface area (Å²) >= 11 is 3.41. The number of halogens is 1. The summed E-state index contributed by atoms with van der Waals surface area (Å²) in [7, 11) is 3.16. The summed E-state index contributed by atoms with van der Waals surface area (Å²) in [6, 6.07) is 7.05. The van der Waals surface area contributed by atoms with Crippen LogP contribution in [0.1, 0.15) is 0 Å². The zero-order valence-corrected chi connectivity index (χ0v) is 10.5. The van der Waals surface area contributed by atoms with Gasteiger partial charge in [0.25, 0.3) is 0 Å². The lowest BCUT2D eigenvalue weighted by molar-refractivity contribution is 0.405. The number of rotatable bonds is 2. The maximum Gasteiger partial charge on any atom is 0.141 e. The fourth-order valence-electron chi connectivity index (χ4n) is 1.74. The Morgan fingerprint density at radius 3 is 2.56 bits per heavy atom. The molecule has 4 heteroatoms. The van der Waals surface area contributed by atoms with Crippen molar-refractivity contribution in [1.29, 1.82) is 0 Å². The molecule has 3 nitrogen and oxygen atoms in total. The fourth-order valence-corrected chi connectivity index (χ4v) is 2.32. The molecule has 2 aromatic carbocycles. The number of hydrogen-bond donors (Lipinski definition) is 1. The van der Waals surface area contributed by atoms with E-state index in [4.69, 9.17) is 9.47 Å². The van der Waals surface area contributed by atoms with Crippen LogP contribution < -0.4 is 9.47 Å². The van der Waals surface area contributed by atoms with Gasteiger partial charge in [-0.15, -0.1) is 0 Å². The number of hydrogen-bond acceptors (Lipinski definition) is 3. The Balaban J connectivity index is 2.93. The predicted octanol–water partition coefficient (Wildman–Crippen LogP) is 3.33. The van der Waals surface area contributed by atoms with Crippen molar-refractivity contribution >= 4 is 26.7 Å². The van der Waals surface area contributed by atoms with Crippen molar-refractivity contribution in [2.75, 3.05) is 14.2 Å². The Morgan fingerprint density at radius 1 is 1.19 bits per heavy atom. The second kappa shape index (κ2) is 4.22. The highest BCUT2D eigenvalue weighted by molar-refractivity contribution is 9.10. The number of phenols is 1. The van der Waals surface area contributed by atoms with Crippen molar-refractivity contribution in [1.82, 2.24) is 0 Å². The number of ether oxygens (including phenoxy) is 2. The van der Waals surface area contributed by atoms with Crippen LogP contribution in [-0.2, 0) is 0 Å². The zero-order valence-electron chi connectivity index (χ0n) is 8.95. The van der Waals surface area contributed by atoms with E-state index in [1.165, 1.54) is 0 Å². The first kappa shape index (κ1) is 11.1. The van der Waals surface area contributed by atoms with Gasteiger partial charge < -0.3 is 14.6 Å².